The van der Waals surface area contributed by atoms with E-state index in [9.17, 15) is 0 Å². The zero-order valence-electron chi connectivity index (χ0n) is 36.8. The molecule has 2 heteroatoms. The number of hydrogen-bond donors (Lipinski definition) is 0. The van der Waals surface area contributed by atoms with Crippen molar-refractivity contribution in [2.45, 2.75) is 51.4 Å². The first kappa shape index (κ1) is 38.3. The average molecular weight is 824 g/mol. The molecule has 0 saturated heterocycles. The van der Waals surface area contributed by atoms with Crippen LogP contribution in [-0.2, 0) is 10.8 Å². The van der Waals surface area contributed by atoms with Gasteiger partial charge in [-0.3, -0.25) is 0 Å². The van der Waals surface area contributed by atoms with Crippen molar-refractivity contribution in [2.75, 3.05) is 4.90 Å². The Hall–Kier alpha value is -7.42. The summed E-state index contributed by atoms with van der Waals surface area (Å²) in [7, 11) is 0. The maximum Gasteiger partial charge on any atom is 0.136 e. The lowest BCUT2D eigenvalue weighted by atomic mass is 9.74. The highest BCUT2D eigenvalue weighted by molar-refractivity contribution is 6.16. The minimum absolute atomic E-state index is 0.0282. The number of nitrogens with zero attached hydrogens (tertiary/aromatic N) is 1. The van der Waals surface area contributed by atoms with Gasteiger partial charge in [0.05, 0.1) is 0 Å². The lowest BCUT2D eigenvalue weighted by Crippen LogP contribution is -2.22. The Balaban J connectivity index is 1.08. The molecule has 0 aliphatic heterocycles. The second-order valence-electron chi connectivity index (χ2n) is 18.3. The molecule has 0 bridgehead atoms. The summed E-state index contributed by atoms with van der Waals surface area (Å²) < 4.78 is 6.76. The van der Waals surface area contributed by atoms with Crippen LogP contribution in [-0.4, -0.2) is 0 Å². The third kappa shape index (κ3) is 5.65. The van der Waals surface area contributed by atoms with Crippen molar-refractivity contribution < 1.29 is 4.42 Å². The molecule has 10 aromatic rings. The Bertz CT molecular complexity index is 3420. The Kier molecular flexibility index (Phi) is 8.72. The maximum absolute atomic E-state index is 6.76. The molecular weight excluding hydrogens is 775 g/mol. The smallest absolute Gasteiger partial charge is 0.136 e. The van der Waals surface area contributed by atoms with Crippen molar-refractivity contribution >= 4 is 39.0 Å². The molecule has 0 atom stereocenters. The van der Waals surface area contributed by atoms with Crippen molar-refractivity contribution in [3.63, 3.8) is 0 Å². The first-order chi connectivity index (χ1) is 31.4. The molecule has 2 aliphatic rings. The highest BCUT2D eigenvalue weighted by Crippen LogP contribution is 2.57. The minimum atomic E-state index is -0.151. The number of fused-ring (bicyclic) bond motifs is 10. The molecule has 0 saturated carbocycles. The fourth-order valence-electron chi connectivity index (χ4n) is 11.5. The van der Waals surface area contributed by atoms with E-state index in [0.29, 0.717) is 0 Å². The highest BCUT2D eigenvalue weighted by atomic mass is 16.3. The van der Waals surface area contributed by atoms with Crippen LogP contribution in [0.25, 0.3) is 77.6 Å². The predicted octanol–water partition coefficient (Wildman–Crippen LogP) is 17.4. The van der Waals surface area contributed by atoms with Gasteiger partial charge < -0.3 is 9.32 Å². The standard InChI is InChI=1S/C62H49NO/c1-5-62(6-2)54-24-16-14-22-50(54)59-55(62)34-36-58-60(59)52-38-45(31-35-57(52)64-58)63(46-30-33-49-48-21-13-15-23-53(48)61(3,4)56(49)39-46)44-29-32-47(51(37-44)42-19-11-8-12-20-42)43-27-25-41(26-28-43)40-17-9-7-10-18-40/h7-39H,5-6H2,1-4H3. The van der Waals surface area contributed by atoms with Gasteiger partial charge in [0.2, 0.25) is 0 Å². The van der Waals surface area contributed by atoms with E-state index in [1.165, 1.54) is 83.3 Å². The fourth-order valence-corrected chi connectivity index (χ4v) is 11.5. The van der Waals surface area contributed by atoms with Gasteiger partial charge in [0.15, 0.2) is 0 Å². The molecule has 12 rings (SSSR count). The zero-order valence-corrected chi connectivity index (χ0v) is 36.8. The highest BCUT2D eigenvalue weighted by Gasteiger charge is 2.42. The summed E-state index contributed by atoms with van der Waals surface area (Å²) in [6, 6.07) is 74.0. The molecule has 1 aromatic heterocycles. The van der Waals surface area contributed by atoms with Crippen LogP contribution in [0.2, 0.25) is 0 Å². The van der Waals surface area contributed by atoms with E-state index < -0.39 is 0 Å². The molecule has 0 N–H and O–H groups in total. The Morgan fingerprint density at radius 3 is 1.66 bits per heavy atom. The fraction of sp³-hybridized carbons (Fsp3) is 0.129. The van der Waals surface area contributed by atoms with Gasteiger partial charge in [-0.25, -0.2) is 0 Å². The van der Waals surface area contributed by atoms with Gasteiger partial charge in [-0.15, -0.1) is 0 Å². The van der Waals surface area contributed by atoms with Gasteiger partial charge >= 0.3 is 0 Å². The van der Waals surface area contributed by atoms with Crippen molar-refractivity contribution in [1.29, 1.82) is 0 Å². The van der Waals surface area contributed by atoms with Crippen LogP contribution in [0.5, 0.6) is 0 Å². The van der Waals surface area contributed by atoms with Crippen molar-refractivity contribution in [3.05, 3.63) is 222 Å². The molecule has 0 unspecified atom stereocenters. The summed E-state index contributed by atoms with van der Waals surface area (Å²) in [6.45, 7) is 9.42. The molecule has 0 spiro atoms. The lowest BCUT2D eigenvalue weighted by molar-refractivity contribution is 0.490. The molecule has 9 aromatic carbocycles. The average Bonchev–Trinajstić information content (AvgIpc) is 3.95. The zero-order chi connectivity index (χ0) is 43.2. The summed E-state index contributed by atoms with van der Waals surface area (Å²) in [4.78, 5) is 2.46. The van der Waals surface area contributed by atoms with Crippen molar-refractivity contribution in [1.82, 2.24) is 0 Å². The van der Waals surface area contributed by atoms with Gasteiger partial charge in [-0.1, -0.05) is 179 Å². The molecule has 0 radical (unpaired) electrons. The Morgan fingerprint density at radius 1 is 0.391 bits per heavy atom. The van der Waals surface area contributed by atoms with Crippen LogP contribution >= 0.6 is 0 Å². The Morgan fingerprint density at radius 2 is 0.922 bits per heavy atom. The number of rotatable bonds is 8. The van der Waals surface area contributed by atoms with Gasteiger partial charge in [0.25, 0.3) is 0 Å². The van der Waals surface area contributed by atoms with Crippen LogP contribution in [0.4, 0.5) is 17.1 Å². The summed E-state index contributed by atoms with van der Waals surface area (Å²) in [6.07, 6.45) is 2.09. The molecule has 0 fully saturated rings. The second-order valence-corrected chi connectivity index (χ2v) is 18.3. The summed E-state index contributed by atoms with van der Waals surface area (Å²) >= 11 is 0. The number of hydrogen-bond acceptors (Lipinski definition) is 2. The molecule has 1 heterocycles. The van der Waals surface area contributed by atoms with E-state index in [0.717, 1.165) is 46.5 Å². The van der Waals surface area contributed by atoms with Crippen LogP contribution in [0, 0.1) is 0 Å². The van der Waals surface area contributed by atoms with Gasteiger partial charge in [0, 0.05) is 38.7 Å². The van der Waals surface area contributed by atoms with Crippen LogP contribution in [0.1, 0.15) is 62.8 Å². The third-order valence-electron chi connectivity index (χ3n) is 14.8. The SMILES string of the molecule is CCC1(CC)c2ccccc2-c2c1ccc1oc3ccc(N(c4ccc(-c5ccc(-c6ccccc6)cc5)c(-c5ccccc5)c4)c4ccc5c(c4)C(C)(C)c4ccccc4-5)cc3c21. The lowest BCUT2D eigenvalue weighted by Gasteiger charge is -2.29. The molecule has 2 aliphatic carbocycles. The quantitative estimate of drug-likeness (QED) is 0.152. The summed E-state index contributed by atoms with van der Waals surface area (Å²) in [5, 5.41) is 2.34. The second kappa shape index (κ2) is 14.6. The summed E-state index contributed by atoms with van der Waals surface area (Å²) in [5.74, 6) is 0. The summed E-state index contributed by atoms with van der Waals surface area (Å²) in [5.41, 5.74) is 23.0. The van der Waals surface area contributed by atoms with E-state index >= 15 is 0 Å². The number of anilines is 3. The minimum Gasteiger partial charge on any atom is -0.456 e. The van der Waals surface area contributed by atoms with E-state index in [1.807, 2.05) is 0 Å². The van der Waals surface area contributed by atoms with Crippen LogP contribution < -0.4 is 4.90 Å². The van der Waals surface area contributed by atoms with Gasteiger partial charge in [-0.2, -0.15) is 0 Å². The van der Waals surface area contributed by atoms with Gasteiger partial charge in [0.1, 0.15) is 11.2 Å². The van der Waals surface area contributed by atoms with Crippen LogP contribution in [0.15, 0.2) is 205 Å². The van der Waals surface area contributed by atoms with Gasteiger partial charge in [-0.05, 0) is 139 Å². The normalized spacial score (nSPS) is 14.0. The van der Waals surface area contributed by atoms with Crippen molar-refractivity contribution in [3.8, 4) is 55.6 Å². The monoisotopic (exact) mass is 823 g/mol. The predicted molar refractivity (Wildman–Crippen MR) is 269 cm³/mol. The van der Waals surface area contributed by atoms with E-state index in [-0.39, 0.29) is 10.8 Å². The largest absolute Gasteiger partial charge is 0.456 e. The maximum atomic E-state index is 6.76. The van der Waals surface area contributed by atoms with E-state index in [2.05, 4.69) is 233 Å². The van der Waals surface area contributed by atoms with Crippen LogP contribution in [0.3, 0.4) is 0 Å². The number of furan rings is 1. The first-order valence-corrected chi connectivity index (χ1v) is 22.9. The molecular formula is C62H49NO. The third-order valence-corrected chi connectivity index (χ3v) is 14.8. The molecule has 0 amide bonds. The number of benzene rings is 9. The molecule has 64 heavy (non-hydrogen) atoms. The topological polar surface area (TPSA) is 16.4 Å². The van der Waals surface area contributed by atoms with E-state index in [1.54, 1.807) is 0 Å². The first-order valence-electron chi connectivity index (χ1n) is 22.9. The van der Waals surface area contributed by atoms with E-state index in [4.69, 9.17) is 4.42 Å². The van der Waals surface area contributed by atoms with Crippen molar-refractivity contribution in [2.24, 2.45) is 0 Å². The molecule has 308 valence electrons. The molecule has 2 nitrogen and oxygen atoms in total. The Labute approximate surface area is 376 Å².